The van der Waals surface area contributed by atoms with E-state index in [-0.39, 0.29) is 15.4 Å². The van der Waals surface area contributed by atoms with E-state index >= 15 is 0 Å². The lowest BCUT2D eigenvalue weighted by atomic mass is 10.1. The minimum atomic E-state index is -4.76. The summed E-state index contributed by atoms with van der Waals surface area (Å²) in [5, 5.41) is 0.0423. The van der Waals surface area contributed by atoms with E-state index in [4.69, 9.17) is 0 Å². The Balaban J connectivity index is 2.55. The van der Waals surface area contributed by atoms with Crippen LogP contribution < -0.4 is 0 Å². The molecule has 1 aromatic heterocycles. The first kappa shape index (κ1) is 12.7. The van der Waals surface area contributed by atoms with Crippen LogP contribution in [0.5, 0.6) is 0 Å². The van der Waals surface area contributed by atoms with E-state index in [9.17, 15) is 22.4 Å². The van der Waals surface area contributed by atoms with E-state index in [1.54, 1.807) is 0 Å². The lowest BCUT2D eigenvalue weighted by Gasteiger charge is -2.09. The highest BCUT2D eigenvalue weighted by Crippen LogP contribution is 2.36. The van der Waals surface area contributed by atoms with Crippen molar-refractivity contribution in [3.8, 4) is 10.6 Å². The smallest absolute Gasteiger partial charge is 0.297 e. The van der Waals surface area contributed by atoms with Gasteiger partial charge in [0.2, 0.25) is 0 Å². The molecule has 7 heteroatoms. The summed E-state index contributed by atoms with van der Waals surface area (Å²) in [4.78, 5) is 14.4. The molecule has 0 radical (unpaired) electrons. The van der Waals surface area contributed by atoms with Gasteiger partial charge in [-0.2, -0.15) is 13.2 Å². The van der Waals surface area contributed by atoms with E-state index in [2.05, 4.69) is 4.98 Å². The van der Waals surface area contributed by atoms with Crippen molar-refractivity contribution in [1.29, 1.82) is 0 Å². The van der Waals surface area contributed by atoms with Crippen molar-refractivity contribution >= 4 is 17.6 Å². The largest absolute Gasteiger partial charge is 0.419 e. The van der Waals surface area contributed by atoms with Crippen LogP contribution in [0.4, 0.5) is 17.6 Å². The van der Waals surface area contributed by atoms with E-state index < -0.39 is 17.6 Å². The molecule has 94 valence electrons. The number of rotatable bonds is 2. The van der Waals surface area contributed by atoms with Gasteiger partial charge in [-0.3, -0.25) is 4.79 Å². The summed E-state index contributed by atoms with van der Waals surface area (Å²) in [5.41, 5.74) is -1.61. The number of carbonyl (C=O) groups excluding carboxylic acids is 1. The Kier molecular flexibility index (Phi) is 3.16. The van der Waals surface area contributed by atoms with Gasteiger partial charge in [0.05, 0.1) is 10.4 Å². The highest BCUT2D eigenvalue weighted by molar-refractivity contribution is 7.16. The highest BCUT2D eigenvalue weighted by Gasteiger charge is 2.35. The van der Waals surface area contributed by atoms with Gasteiger partial charge in [-0.15, -0.1) is 11.3 Å². The fourth-order valence-corrected chi connectivity index (χ4v) is 2.13. The second-order valence-electron chi connectivity index (χ2n) is 3.35. The number of aromatic nitrogens is 1. The molecule has 2 rings (SSSR count). The van der Waals surface area contributed by atoms with Crippen LogP contribution in [-0.4, -0.2) is 11.3 Å². The van der Waals surface area contributed by atoms with Crippen LogP contribution in [0.25, 0.3) is 10.6 Å². The molecule has 1 aromatic carbocycles. The number of alkyl halides is 3. The second-order valence-corrected chi connectivity index (χ2v) is 4.41. The standard InChI is InChI=1S/C11H5F4NOS/c12-9-7(10-16-4-6(5-17)18-10)2-1-3-8(9)11(13,14)15/h1-5H. The Labute approximate surface area is 103 Å². The third-order valence-electron chi connectivity index (χ3n) is 2.17. The first-order valence-corrected chi connectivity index (χ1v) is 5.52. The average molecular weight is 275 g/mol. The molecule has 0 aliphatic rings. The predicted octanol–water partition coefficient (Wildman–Crippen LogP) is 3.78. The number of hydrogen-bond acceptors (Lipinski definition) is 3. The molecule has 0 amide bonds. The molecule has 0 bridgehead atoms. The lowest BCUT2D eigenvalue weighted by Crippen LogP contribution is -2.08. The molecule has 0 aliphatic heterocycles. The second kappa shape index (κ2) is 4.49. The minimum absolute atomic E-state index is 0.0423. The van der Waals surface area contributed by atoms with Gasteiger partial charge < -0.3 is 0 Å². The van der Waals surface area contributed by atoms with Gasteiger partial charge in [0.25, 0.3) is 0 Å². The number of benzene rings is 1. The third-order valence-corrected chi connectivity index (χ3v) is 3.13. The summed E-state index contributed by atoms with van der Waals surface area (Å²) in [5.74, 6) is -1.38. The van der Waals surface area contributed by atoms with Crippen LogP contribution in [0.15, 0.2) is 24.4 Å². The zero-order valence-corrected chi connectivity index (χ0v) is 9.48. The molecule has 18 heavy (non-hydrogen) atoms. The summed E-state index contributed by atoms with van der Waals surface area (Å²) >= 11 is 0.833. The number of thiazole rings is 1. The molecule has 0 aliphatic carbocycles. The summed E-state index contributed by atoms with van der Waals surface area (Å²) < 4.78 is 51.2. The SMILES string of the molecule is O=Cc1cnc(-c2cccc(C(F)(F)F)c2F)s1. The van der Waals surface area contributed by atoms with E-state index in [0.717, 1.165) is 17.4 Å². The predicted molar refractivity (Wildman–Crippen MR) is 57.9 cm³/mol. The van der Waals surface area contributed by atoms with E-state index in [0.29, 0.717) is 12.4 Å². The molecule has 1 heterocycles. The number of carbonyl (C=O) groups is 1. The van der Waals surface area contributed by atoms with Gasteiger partial charge in [-0.25, -0.2) is 9.37 Å². The van der Waals surface area contributed by atoms with Crippen LogP contribution >= 0.6 is 11.3 Å². The fourth-order valence-electron chi connectivity index (χ4n) is 1.38. The van der Waals surface area contributed by atoms with Gasteiger partial charge in [0.1, 0.15) is 10.8 Å². The molecule has 2 nitrogen and oxygen atoms in total. The van der Waals surface area contributed by atoms with Crippen LogP contribution in [-0.2, 0) is 6.18 Å². The topological polar surface area (TPSA) is 30.0 Å². The zero-order valence-electron chi connectivity index (χ0n) is 8.66. The Morgan fingerprint density at radius 3 is 2.56 bits per heavy atom. The Morgan fingerprint density at radius 2 is 2.00 bits per heavy atom. The maximum absolute atomic E-state index is 13.7. The average Bonchev–Trinajstić information content (AvgIpc) is 2.76. The lowest BCUT2D eigenvalue weighted by molar-refractivity contribution is -0.139. The zero-order chi connectivity index (χ0) is 13.3. The van der Waals surface area contributed by atoms with Crippen LogP contribution in [0.1, 0.15) is 15.2 Å². The van der Waals surface area contributed by atoms with E-state index in [1.807, 2.05) is 0 Å². The highest BCUT2D eigenvalue weighted by atomic mass is 32.1. The van der Waals surface area contributed by atoms with E-state index in [1.165, 1.54) is 12.3 Å². The molecule has 0 saturated carbocycles. The molecule has 0 unspecified atom stereocenters. The van der Waals surface area contributed by atoms with Crippen molar-refractivity contribution in [2.24, 2.45) is 0 Å². The van der Waals surface area contributed by atoms with Gasteiger partial charge in [0, 0.05) is 11.8 Å². The monoisotopic (exact) mass is 275 g/mol. The quantitative estimate of drug-likeness (QED) is 0.616. The number of aldehydes is 1. The third kappa shape index (κ3) is 2.26. The minimum Gasteiger partial charge on any atom is -0.297 e. The molecular weight excluding hydrogens is 270 g/mol. The Morgan fingerprint density at radius 1 is 1.28 bits per heavy atom. The van der Waals surface area contributed by atoms with Crippen molar-refractivity contribution in [2.45, 2.75) is 6.18 Å². The molecule has 0 atom stereocenters. The fraction of sp³-hybridized carbons (Fsp3) is 0.0909. The van der Waals surface area contributed by atoms with Crippen molar-refractivity contribution < 1.29 is 22.4 Å². The first-order chi connectivity index (χ1) is 8.43. The van der Waals surface area contributed by atoms with Crippen molar-refractivity contribution in [2.75, 3.05) is 0 Å². The maximum Gasteiger partial charge on any atom is 0.419 e. The normalized spacial score (nSPS) is 11.6. The van der Waals surface area contributed by atoms with Gasteiger partial charge in [0.15, 0.2) is 6.29 Å². The Bertz CT molecular complexity index is 591. The maximum atomic E-state index is 13.7. The number of hydrogen-bond donors (Lipinski definition) is 0. The molecule has 0 fully saturated rings. The van der Waals surface area contributed by atoms with Gasteiger partial charge in [-0.1, -0.05) is 6.07 Å². The van der Waals surface area contributed by atoms with Gasteiger partial charge in [-0.05, 0) is 12.1 Å². The van der Waals surface area contributed by atoms with Crippen molar-refractivity contribution in [3.05, 3.63) is 40.7 Å². The molecule has 2 aromatic rings. The summed E-state index contributed by atoms with van der Waals surface area (Å²) in [7, 11) is 0. The Hall–Kier alpha value is -1.76. The summed E-state index contributed by atoms with van der Waals surface area (Å²) in [6.07, 6.45) is -3.07. The first-order valence-electron chi connectivity index (χ1n) is 4.70. The molecule has 0 spiro atoms. The number of nitrogens with zero attached hydrogens (tertiary/aromatic N) is 1. The van der Waals surface area contributed by atoms with Crippen molar-refractivity contribution in [1.82, 2.24) is 4.98 Å². The van der Waals surface area contributed by atoms with Gasteiger partial charge >= 0.3 is 6.18 Å². The number of halogens is 4. The van der Waals surface area contributed by atoms with Crippen LogP contribution in [0.3, 0.4) is 0 Å². The summed E-state index contributed by atoms with van der Waals surface area (Å²) in [6.45, 7) is 0. The van der Waals surface area contributed by atoms with Crippen LogP contribution in [0, 0.1) is 5.82 Å². The van der Waals surface area contributed by atoms with Crippen molar-refractivity contribution in [3.63, 3.8) is 0 Å². The molecule has 0 saturated heterocycles. The molecule has 0 N–H and O–H groups in total. The summed E-state index contributed by atoms with van der Waals surface area (Å²) in [6, 6.07) is 2.95. The van der Waals surface area contributed by atoms with Crippen LogP contribution in [0.2, 0.25) is 0 Å². The molecular formula is C11H5F4NOS.